The molecule has 7 rings (SSSR count). The second-order valence-corrected chi connectivity index (χ2v) is 21.5. The molecule has 1 atom stereocenters. The molecule has 4 aliphatic rings. The number of imide groups is 2. The van der Waals surface area contributed by atoms with Crippen LogP contribution in [0.1, 0.15) is 89.0 Å². The van der Waals surface area contributed by atoms with Gasteiger partial charge in [0, 0.05) is 111 Å². The monoisotopic (exact) mass is 1060 g/mol. The number of nitrogens with zero attached hydrogens (tertiary/aromatic N) is 6. The van der Waals surface area contributed by atoms with Crippen molar-refractivity contribution in [2.75, 3.05) is 41.8 Å². The molecule has 0 spiro atoms. The summed E-state index contributed by atoms with van der Waals surface area (Å²) in [7, 11) is 3.55. The maximum absolute atomic E-state index is 14.0. The van der Waals surface area contributed by atoms with E-state index in [1.54, 1.807) is 31.2 Å². The zero-order chi connectivity index (χ0) is 51.9. The molecule has 2 aromatic carbocycles. The topological polar surface area (TPSA) is 282 Å². The van der Waals surface area contributed by atoms with Gasteiger partial charge in [-0.1, -0.05) is 87.4 Å². The van der Waals surface area contributed by atoms with E-state index in [9.17, 15) is 47.9 Å². The van der Waals surface area contributed by atoms with Crippen LogP contribution >= 0.6 is 33.3 Å². The fraction of sp³-hybridized carbons (Fsp3) is 0.469. The van der Waals surface area contributed by atoms with E-state index in [0.717, 1.165) is 70.7 Å². The van der Waals surface area contributed by atoms with Crippen molar-refractivity contribution in [2.24, 2.45) is 5.73 Å². The minimum atomic E-state index is -1.36. The first kappa shape index (κ1) is 54.4. The van der Waals surface area contributed by atoms with E-state index in [-0.39, 0.29) is 81.3 Å². The zero-order valence-electron chi connectivity index (χ0n) is 40.2. The highest BCUT2D eigenvalue weighted by Crippen LogP contribution is 2.42. The molecule has 388 valence electrons. The van der Waals surface area contributed by atoms with Gasteiger partial charge >= 0.3 is 5.97 Å². The Bertz CT molecular complexity index is 2600. The van der Waals surface area contributed by atoms with Crippen LogP contribution in [-0.2, 0) is 65.9 Å². The van der Waals surface area contributed by atoms with E-state index >= 15 is 0 Å². The predicted molar refractivity (Wildman–Crippen MR) is 273 cm³/mol. The Hall–Kier alpha value is -6.37. The van der Waals surface area contributed by atoms with Gasteiger partial charge in [0.1, 0.15) is 11.7 Å². The van der Waals surface area contributed by atoms with Gasteiger partial charge in [-0.2, -0.15) is 0 Å². The minimum Gasteiger partial charge on any atom is -0.356 e. The maximum Gasteiger partial charge on any atom is 0.335 e. The van der Waals surface area contributed by atoms with Crippen LogP contribution in [0, 0.1) is 0 Å². The van der Waals surface area contributed by atoms with Crippen molar-refractivity contribution >= 4 is 97.4 Å². The van der Waals surface area contributed by atoms with Gasteiger partial charge in [-0.25, -0.2) is 9.48 Å². The number of rotatable bonds is 25. The van der Waals surface area contributed by atoms with Gasteiger partial charge < -0.3 is 31.4 Å². The lowest BCUT2D eigenvalue weighted by molar-refractivity contribution is -0.197. The summed E-state index contributed by atoms with van der Waals surface area (Å²) < 4.78 is 1.77. The van der Waals surface area contributed by atoms with Crippen LogP contribution in [0.4, 0.5) is 5.69 Å². The first-order chi connectivity index (χ1) is 35.2. The number of unbranched alkanes of at least 4 members (excludes halogenated alkanes) is 3. The quantitative estimate of drug-likeness (QED) is 0.0538. The molecule has 8 amide bonds. The number of aryl methyl sites for hydroxylation is 1. The van der Waals surface area contributed by atoms with Crippen LogP contribution < -0.4 is 26.6 Å². The number of nitrogens with two attached hydrogens (primary N) is 1. The van der Waals surface area contributed by atoms with Crippen LogP contribution in [0.2, 0.25) is 0 Å². The fourth-order valence-corrected chi connectivity index (χ4v) is 12.5. The Kier molecular flexibility index (Phi) is 19.4. The molecular weight excluding hydrogens is 1000 g/mol. The Labute approximate surface area is 433 Å². The van der Waals surface area contributed by atoms with Crippen molar-refractivity contribution in [2.45, 2.75) is 108 Å². The molecule has 24 heteroatoms. The number of fused-ring (bicyclic) bond motifs is 5. The van der Waals surface area contributed by atoms with Crippen LogP contribution in [-0.4, -0.2) is 132 Å². The van der Waals surface area contributed by atoms with Crippen molar-refractivity contribution in [1.82, 2.24) is 40.9 Å². The lowest BCUT2D eigenvalue weighted by Gasteiger charge is -2.29. The summed E-state index contributed by atoms with van der Waals surface area (Å²) in [4.78, 5) is 134. The van der Waals surface area contributed by atoms with Crippen molar-refractivity contribution < 1.29 is 52.8 Å². The maximum atomic E-state index is 14.0. The van der Waals surface area contributed by atoms with E-state index < -0.39 is 59.0 Å². The number of hydroxylamine groups is 2. The SMILES string of the molecule is NC1(CCCCNC(=O)CCSC(=O)C(CC(=O)ON2C(=O)CCC2=O)NC(=O)CCCCCn2nnc3c2-c2ccccc2N(C(=O)CCNC(=O)CCN2C(=O)C=CC2=O)Cc2ccccc2-3)CSSC1. The predicted octanol–water partition coefficient (Wildman–Crippen LogP) is 3.35. The molecule has 0 saturated carbocycles. The molecule has 5 N–H and O–H groups in total. The normalized spacial score (nSPS) is 16.1. The van der Waals surface area contributed by atoms with E-state index in [0.29, 0.717) is 60.1 Å². The molecule has 0 bridgehead atoms. The average molecular weight is 1060 g/mol. The molecule has 2 fully saturated rings. The summed E-state index contributed by atoms with van der Waals surface area (Å²) in [6.07, 6.45) is 5.33. The van der Waals surface area contributed by atoms with Crippen molar-refractivity contribution in [1.29, 1.82) is 0 Å². The van der Waals surface area contributed by atoms with E-state index in [4.69, 9.17) is 10.6 Å². The van der Waals surface area contributed by atoms with Crippen molar-refractivity contribution in [3.8, 4) is 22.5 Å². The van der Waals surface area contributed by atoms with E-state index in [1.165, 1.54) is 0 Å². The number of benzene rings is 2. The Morgan fingerprint density at radius 1 is 0.753 bits per heavy atom. The van der Waals surface area contributed by atoms with Crippen LogP contribution in [0.25, 0.3) is 22.5 Å². The van der Waals surface area contributed by atoms with Crippen LogP contribution in [0.3, 0.4) is 0 Å². The second kappa shape index (κ2) is 26.0. The Balaban J connectivity index is 0.917. The van der Waals surface area contributed by atoms with Gasteiger partial charge in [0.2, 0.25) is 28.7 Å². The fourth-order valence-electron chi connectivity index (χ4n) is 8.51. The number of amides is 8. The molecule has 0 radical (unpaired) electrons. The number of aromatic nitrogens is 3. The molecule has 1 aromatic heterocycles. The molecule has 73 heavy (non-hydrogen) atoms. The number of thioether (sulfide) groups is 1. The van der Waals surface area contributed by atoms with Crippen LogP contribution in [0.15, 0.2) is 60.7 Å². The standard InChI is InChI=1S/C49H58N10O11S3/c50-49(30-72-73-31-49)22-7-8-23-51-38(61)21-27-71-48(69)35(28-45(68)70-59-43(66)17-18-44(59)67)53-39(62)14-2-1-9-25-58-47-34-12-5-6-13-36(34)57(29-32-10-3-4-11-33(32)46(47)54-55-58)42(65)19-24-52-37(60)20-26-56-40(63)15-16-41(56)64/h3-6,10-13,15-16,35H,1-2,7-9,14,17-31,50H2,(H,51,61)(H,52,60)(H,53,62). The summed E-state index contributed by atoms with van der Waals surface area (Å²) >= 11 is 0.784. The number of hydrogen-bond donors (Lipinski definition) is 4. The molecule has 3 aromatic rings. The number of hydrogen-bond acceptors (Lipinski definition) is 17. The van der Waals surface area contributed by atoms with Crippen molar-refractivity contribution in [3.63, 3.8) is 0 Å². The summed E-state index contributed by atoms with van der Waals surface area (Å²) in [6.45, 7) is 1.04. The molecule has 0 aliphatic carbocycles. The molecular formula is C49H58N10O11S3. The highest BCUT2D eigenvalue weighted by Gasteiger charge is 2.35. The highest BCUT2D eigenvalue weighted by atomic mass is 33.1. The zero-order valence-corrected chi connectivity index (χ0v) is 42.6. The number of nitrogens with one attached hydrogen (secondary N) is 3. The molecule has 2 saturated heterocycles. The van der Waals surface area contributed by atoms with Crippen LogP contribution in [0.5, 0.6) is 0 Å². The van der Waals surface area contributed by atoms with Crippen molar-refractivity contribution in [3.05, 3.63) is 66.2 Å². The second-order valence-electron chi connectivity index (χ2n) is 18.0. The van der Waals surface area contributed by atoms with E-state index in [1.807, 2.05) is 48.5 Å². The smallest absolute Gasteiger partial charge is 0.335 e. The number of carbonyl (C=O) groups excluding carboxylic acids is 10. The summed E-state index contributed by atoms with van der Waals surface area (Å²) in [5.74, 6) is -2.90. The van der Waals surface area contributed by atoms with Gasteiger partial charge in [0.05, 0.1) is 24.3 Å². The Morgan fingerprint density at radius 3 is 2.19 bits per heavy atom. The average Bonchev–Trinajstić information content (AvgIpc) is 4.15. The lowest BCUT2D eigenvalue weighted by Crippen LogP contribution is -2.43. The molecule has 4 aliphatic heterocycles. The third-order valence-corrected chi connectivity index (χ3v) is 16.2. The van der Waals surface area contributed by atoms with E-state index in [2.05, 4.69) is 26.3 Å². The first-order valence-electron chi connectivity index (χ1n) is 24.2. The third kappa shape index (κ3) is 14.9. The lowest BCUT2D eigenvalue weighted by atomic mass is 9.95. The summed E-state index contributed by atoms with van der Waals surface area (Å²) in [5.41, 5.74) is 10.5. The van der Waals surface area contributed by atoms with Gasteiger partial charge in [0.15, 0.2) is 0 Å². The Morgan fingerprint density at radius 2 is 1.44 bits per heavy atom. The van der Waals surface area contributed by atoms with Gasteiger partial charge in [-0.15, -0.1) is 10.2 Å². The van der Waals surface area contributed by atoms with Gasteiger partial charge in [-0.05, 0) is 43.7 Å². The van der Waals surface area contributed by atoms with Gasteiger partial charge in [-0.3, -0.25) is 48.1 Å². The largest absolute Gasteiger partial charge is 0.356 e. The minimum absolute atomic E-state index is 0.00355. The first-order valence-corrected chi connectivity index (χ1v) is 27.7. The number of carbonyl (C=O) groups is 10. The summed E-state index contributed by atoms with van der Waals surface area (Å²) in [5, 5.41) is 17.1. The number of para-hydroxylation sites is 1. The summed E-state index contributed by atoms with van der Waals surface area (Å²) in [6, 6.07) is 13.6. The number of anilines is 1. The van der Waals surface area contributed by atoms with Gasteiger partial charge in [0.25, 0.3) is 23.6 Å². The molecule has 5 heterocycles. The highest BCUT2D eigenvalue weighted by molar-refractivity contribution is 8.77. The molecule has 1 unspecified atom stereocenters. The molecule has 21 nitrogen and oxygen atoms in total. The third-order valence-electron chi connectivity index (χ3n) is 12.4.